The topological polar surface area (TPSA) is 35.5 Å². The predicted molar refractivity (Wildman–Crippen MR) is 67.3 cm³/mol. The van der Waals surface area contributed by atoms with Gasteiger partial charge in [-0.05, 0) is 44.9 Å². The SMILES string of the molecule is CCCc1ccc(OC(=O)OC(C)(C)C)cc1. The molecule has 0 aromatic heterocycles. The van der Waals surface area contributed by atoms with Gasteiger partial charge in [-0.15, -0.1) is 0 Å². The van der Waals surface area contributed by atoms with Crippen molar-refractivity contribution in [3.63, 3.8) is 0 Å². The van der Waals surface area contributed by atoms with Crippen molar-refractivity contribution >= 4 is 6.16 Å². The number of carbonyl (C=O) groups excluding carboxylic acids is 1. The second kappa shape index (κ2) is 5.71. The van der Waals surface area contributed by atoms with Crippen LogP contribution >= 0.6 is 0 Å². The molecule has 0 saturated carbocycles. The molecule has 3 heteroatoms. The molecule has 0 spiro atoms. The van der Waals surface area contributed by atoms with Gasteiger partial charge >= 0.3 is 6.16 Å². The van der Waals surface area contributed by atoms with E-state index in [1.807, 2.05) is 12.1 Å². The first-order valence-corrected chi connectivity index (χ1v) is 5.90. The molecule has 1 aromatic carbocycles. The van der Waals surface area contributed by atoms with Crippen molar-refractivity contribution in [2.75, 3.05) is 0 Å². The summed E-state index contributed by atoms with van der Waals surface area (Å²) in [6.07, 6.45) is 1.47. The minimum Gasteiger partial charge on any atom is -0.428 e. The monoisotopic (exact) mass is 236 g/mol. The van der Waals surface area contributed by atoms with Crippen molar-refractivity contribution in [1.29, 1.82) is 0 Å². The molecule has 0 aliphatic carbocycles. The average Bonchev–Trinajstić information content (AvgIpc) is 2.18. The Morgan fingerprint density at radius 1 is 1.18 bits per heavy atom. The van der Waals surface area contributed by atoms with Crippen molar-refractivity contribution in [3.8, 4) is 5.75 Å². The number of ether oxygens (including phenoxy) is 2. The van der Waals surface area contributed by atoms with Crippen molar-refractivity contribution < 1.29 is 14.3 Å². The Labute approximate surface area is 103 Å². The fourth-order valence-electron chi connectivity index (χ4n) is 1.38. The highest BCUT2D eigenvalue weighted by Gasteiger charge is 2.17. The highest BCUT2D eigenvalue weighted by atomic mass is 16.7. The number of hydrogen-bond acceptors (Lipinski definition) is 3. The smallest absolute Gasteiger partial charge is 0.428 e. The first kappa shape index (κ1) is 13.6. The van der Waals surface area contributed by atoms with Gasteiger partial charge in [0.1, 0.15) is 11.4 Å². The third kappa shape index (κ3) is 5.38. The number of benzene rings is 1. The normalized spacial score (nSPS) is 11.1. The summed E-state index contributed by atoms with van der Waals surface area (Å²) in [4.78, 5) is 11.4. The summed E-state index contributed by atoms with van der Waals surface area (Å²) in [5, 5.41) is 0. The molecule has 3 nitrogen and oxygen atoms in total. The summed E-state index contributed by atoms with van der Waals surface area (Å²) in [5.74, 6) is 0.513. The van der Waals surface area contributed by atoms with E-state index in [0.717, 1.165) is 12.8 Å². The summed E-state index contributed by atoms with van der Waals surface area (Å²) >= 11 is 0. The van der Waals surface area contributed by atoms with Gasteiger partial charge in [-0.1, -0.05) is 25.5 Å². The second-order valence-electron chi connectivity index (χ2n) is 4.96. The molecule has 0 amide bonds. The van der Waals surface area contributed by atoms with Crippen LogP contribution in [0.2, 0.25) is 0 Å². The molecular weight excluding hydrogens is 216 g/mol. The van der Waals surface area contributed by atoms with E-state index in [9.17, 15) is 4.79 Å². The third-order valence-corrected chi connectivity index (χ3v) is 2.05. The molecule has 0 aliphatic rings. The Morgan fingerprint density at radius 2 is 1.76 bits per heavy atom. The molecule has 0 unspecified atom stereocenters. The summed E-state index contributed by atoms with van der Waals surface area (Å²) in [6, 6.07) is 7.50. The summed E-state index contributed by atoms with van der Waals surface area (Å²) in [5.41, 5.74) is 0.711. The van der Waals surface area contributed by atoms with Crippen LogP contribution in [0, 0.1) is 0 Å². The van der Waals surface area contributed by atoms with E-state index in [0.29, 0.717) is 5.75 Å². The Kier molecular flexibility index (Phi) is 4.55. The van der Waals surface area contributed by atoms with Crippen molar-refractivity contribution in [2.45, 2.75) is 46.1 Å². The van der Waals surface area contributed by atoms with Gasteiger partial charge in [0.25, 0.3) is 0 Å². The Bertz CT molecular complexity index is 360. The first-order chi connectivity index (χ1) is 7.90. The molecule has 0 bridgehead atoms. The van der Waals surface area contributed by atoms with Crippen LogP contribution in [0.5, 0.6) is 5.75 Å². The van der Waals surface area contributed by atoms with E-state index in [2.05, 4.69) is 6.92 Å². The number of rotatable bonds is 3. The first-order valence-electron chi connectivity index (χ1n) is 5.90. The van der Waals surface area contributed by atoms with Gasteiger partial charge in [-0.2, -0.15) is 0 Å². The van der Waals surface area contributed by atoms with E-state index in [4.69, 9.17) is 9.47 Å². The Morgan fingerprint density at radius 3 is 2.24 bits per heavy atom. The van der Waals surface area contributed by atoms with Crippen molar-refractivity contribution in [2.24, 2.45) is 0 Å². The number of carbonyl (C=O) groups is 1. The van der Waals surface area contributed by atoms with Crippen molar-refractivity contribution in [3.05, 3.63) is 29.8 Å². The van der Waals surface area contributed by atoms with E-state index in [1.54, 1.807) is 32.9 Å². The molecule has 94 valence electrons. The van der Waals surface area contributed by atoms with E-state index in [-0.39, 0.29) is 0 Å². The minimum atomic E-state index is -0.666. The van der Waals surface area contributed by atoms with Crippen LogP contribution < -0.4 is 4.74 Å². The average molecular weight is 236 g/mol. The molecule has 0 N–H and O–H groups in total. The van der Waals surface area contributed by atoms with Crippen LogP contribution in [0.3, 0.4) is 0 Å². The third-order valence-electron chi connectivity index (χ3n) is 2.05. The van der Waals surface area contributed by atoms with Crippen molar-refractivity contribution in [1.82, 2.24) is 0 Å². The molecule has 17 heavy (non-hydrogen) atoms. The molecule has 0 heterocycles. The molecule has 1 rings (SSSR count). The zero-order chi connectivity index (χ0) is 12.9. The molecule has 0 aliphatic heterocycles. The van der Waals surface area contributed by atoms with Gasteiger partial charge in [-0.3, -0.25) is 0 Å². The number of aryl methyl sites for hydroxylation is 1. The standard InChI is InChI=1S/C14H20O3/c1-5-6-11-7-9-12(10-8-11)16-13(15)17-14(2,3)4/h7-10H,5-6H2,1-4H3. The van der Waals surface area contributed by atoms with Crippen LogP contribution in [-0.2, 0) is 11.2 Å². The lowest BCUT2D eigenvalue weighted by molar-refractivity contribution is 0.0206. The highest BCUT2D eigenvalue weighted by Crippen LogP contribution is 2.15. The zero-order valence-corrected chi connectivity index (χ0v) is 10.9. The molecular formula is C14H20O3. The fourth-order valence-corrected chi connectivity index (χ4v) is 1.38. The summed E-state index contributed by atoms with van der Waals surface area (Å²) in [6.45, 7) is 7.54. The molecule has 0 fully saturated rings. The van der Waals surface area contributed by atoms with Crippen LogP contribution in [0.1, 0.15) is 39.7 Å². The lowest BCUT2D eigenvalue weighted by Crippen LogP contribution is -2.25. The van der Waals surface area contributed by atoms with Gasteiger partial charge < -0.3 is 9.47 Å². The maximum absolute atomic E-state index is 11.4. The quantitative estimate of drug-likeness (QED) is 0.588. The van der Waals surface area contributed by atoms with E-state index in [1.165, 1.54) is 5.56 Å². The zero-order valence-electron chi connectivity index (χ0n) is 10.9. The summed E-state index contributed by atoms with van der Waals surface area (Å²) in [7, 11) is 0. The molecule has 0 saturated heterocycles. The predicted octanol–water partition coefficient (Wildman–Crippen LogP) is 3.95. The van der Waals surface area contributed by atoms with E-state index >= 15 is 0 Å². The van der Waals surface area contributed by atoms with Crippen LogP contribution in [0.4, 0.5) is 4.79 Å². The second-order valence-corrected chi connectivity index (χ2v) is 4.96. The molecule has 0 atom stereocenters. The summed E-state index contributed by atoms with van der Waals surface area (Å²) < 4.78 is 10.1. The lowest BCUT2D eigenvalue weighted by atomic mass is 10.1. The van der Waals surface area contributed by atoms with Crippen LogP contribution in [0.25, 0.3) is 0 Å². The fraction of sp³-hybridized carbons (Fsp3) is 0.500. The lowest BCUT2D eigenvalue weighted by Gasteiger charge is -2.18. The minimum absolute atomic E-state index is 0.513. The maximum Gasteiger partial charge on any atom is 0.514 e. The van der Waals surface area contributed by atoms with Gasteiger partial charge in [0.2, 0.25) is 0 Å². The number of hydrogen-bond donors (Lipinski definition) is 0. The largest absolute Gasteiger partial charge is 0.514 e. The van der Waals surface area contributed by atoms with Gasteiger partial charge in [0, 0.05) is 0 Å². The van der Waals surface area contributed by atoms with Gasteiger partial charge in [-0.25, -0.2) is 4.79 Å². The van der Waals surface area contributed by atoms with Crippen LogP contribution in [-0.4, -0.2) is 11.8 Å². The van der Waals surface area contributed by atoms with Crippen LogP contribution in [0.15, 0.2) is 24.3 Å². The Balaban J connectivity index is 2.54. The van der Waals surface area contributed by atoms with Gasteiger partial charge in [0.15, 0.2) is 0 Å². The Hall–Kier alpha value is -1.51. The van der Waals surface area contributed by atoms with E-state index < -0.39 is 11.8 Å². The van der Waals surface area contributed by atoms with Gasteiger partial charge in [0.05, 0.1) is 0 Å². The highest BCUT2D eigenvalue weighted by molar-refractivity contribution is 5.64. The molecule has 1 aromatic rings. The molecule has 0 radical (unpaired) electrons. The maximum atomic E-state index is 11.4.